The van der Waals surface area contributed by atoms with Crippen LogP contribution >= 0.6 is 0 Å². The number of halogens is 1. The van der Waals surface area contributed by atoms with Crippen molar-refractivity contribution in [3.63, 3.8) is 0 Å². The number of rotatable bonds is 2. The van der Waals surface area contributed by atoms with Crippen molar-refractivity contribution in [3.8, 4) is 0 Å². The lowest BCUT2D eigenvalue weighted by atomic mass is 10.5. The van der Waals surface area contributed by atoms with Crippen molar-refractivity contribution in [2.24, 2.45) is 0 Å². The average molecular weight is 174 g/mol. The van der Waals surface area contributed by atoms with Crippen LogP contribution in [0.25, 0.3) is 0 Å². The van der Waals surface area contributed by atoms with Gasteiger partial charge in [-0.25, -0.2) is 14.2 Å². The first-order valence-corrected chi connectivity index (χ1v) is 3.78. The second-order valence-corrected chi connectivity index (χ2v) is 2.58. The van der Waals surface area contributed by atoms with Crippen molar-refractivity contribution < 1.29 is 14.3 Å². The van der Waals surface area contributed by atoms with Gasteiger partial charge in [0.05, 0.1) is 12.7 Å². The molecule has 0 radical (unpaired) electrons. The zero-order valence-corrected chi connectivity index (χ0v) is 6.83. The van der Waals surface area contributed by atoms with Gasteiger partial charge in [-0.15, -0.1) is 0 Å². The second kappa shape index (κ2) is 3.42. The van der Waals surface area contributed by atoms with Crippen LogP contribution in [-0.4, -0.2) is 34.3 Å². The molecule has 1 N–H and O–H groups in total. The first-order valence-electron chi connectivity index (χ1n) is 3.78. The van der Waals surface area contributed by atoms with Crippen LogP contribution in [0.5, 0.6) is 0 Å². The van der Waals surface area contributed by atoms with Crippen LogP contribution < -0.4 is 0 Å². The molecule has 0 aliphatic carbocycles. The van der Waals surface area contributed by atoms with E-state index < -0.39 is 11.9 Å². The third-order valence-electron chi connectivity index (χ3n) is 1.57. The molecule has 1 amide bonds. The minimum absolute atomic E-state index is 0.157. The molecule has 0 unspecified atom stereocenters. The fourth-order valence-electron chi connectivity index (χ4n) is 1.10. The zero-order valence-electron chi connectivity index (χ0n) is 6.83. The van der Waals surface area contributed by atoms with Gasteiger partial charge in [0, 0.05) is 6.54 Å². The van der Waals surface area contributed by atoms with Crippen LogP contribution in [0.4, 0.5) is 9.18 Å². The lowest BCUT2D eigenvalue weighted by Crippen LogP contribution is -2.39. The first kappa shape index (κ1) is 8.83. The predicted octanol–water partition coefficient (Wildman–Crippen LogP) is 1.42. The van der Waals surface area contributed by atoms with E-state index >= 15 is 0 Å². The molecule has 0 saturated heterocycles. The third-order valence-corrected chi connectivity index (χ3v) is 1.57. The lowest BCUT2D eigenvalue weighted by molar-refractivity contribution is 0.0493. The van der Waals surface area contributed by atoms with E-state index in [2.05, 4.69) is 0 Å². The summed E-state index contributed by atoms with van der Waals surface area (Å²) in [7, 11) is 0. The molecule has 0 saturated carbocycles. The molecule has 4 nitrogen and oxygen atoms in total. The smallest absolute Gasteiger partial charge is 0.426 e. The SMILES string of the molecule is CCCN1C=C(F)CN1C(=O)O. The Labute approximate surface area is 69.8 Å². The Morgan fingerprint density at radius 3 is 3.00 bits per heavy atom. The monoisotopic (exact) mass is 174 g/mol. The molecule has 0 atom stereocenters. The Hall–Kier alpha value is -1.26. The summed E-state index contributed by atoms with van der Waals surface area (Å²) in [6.07, 6.45) is 0.887. The third kappa shape index (κ3) is 1.66. The molecule has 1 aliphatic heterocycles. The Balaban J connectivity index is 2.61. The predicted molar refractivity (Wildman–Crippen MR) is 40.9 cm³/mol. The van der Waals surface area contributed by atoms with Crippen molar-refractivity contribution in [1.82, 2.24) is 10.0 Å². The maximum absolute atomic E-state index is 12.6. The molecule has 5 heteroatoms. The van der Waals surface area contributed by atoms with Gasteiger partial charge in [-0.1, -0.05) is 6.92 Å². The minimum Gasteiger partial charge on any atom is -0.464 e. The summed E-state index contributed by atoms with van der Waals surface area (Å²) in [5.74, 6) is -0.411. The highest BCUT2D eigenvalue weighted by Crippen LogP contribution is 2.15. The fraction of sp³-hybridized carbons (Fsp3) is 0.571. The topological polar surface area (TPSA) is 43.8 Å². The molecule has 0 spiro atoms. The molecular weight excluding hydrogens is 163 g/mol. The number of hydrogen-bond donors (Lipinski definition) is 1. The number of carbonyl (C=O) groups is 1. The quantitative estimate of drug-likeness (QED) is 0.688. The summed E-state index contributed by atoms with van der Waals surface area (Å²) in [4.78, 5) is 10.5. The van der Waals surface area contributed by atoms with Crippen LogP contribution in [0.15, 0.2) is 12.0 Å². The Bertz CT molecular complexity index is 217. The number of hydrogen-bond acceptors (Lipinski definition) is 2. The molecular formula is C7H11FN2O2. The highest BCUT2D eigenvalue weighted by Gasteiger charge is 2.25. The van der Waals surface area contributed by atoms with E-state index in [9.17, 15) is 9.18 Å². The zero-order chi connectivity index (χ0) is 9.14. The molecule has 0 aromatic carbocycles. The molecule has 1 heterocycles. The van der Waals surface area contributed by atoms with Gasteiger partial charge in [0.25, 0.3) is 0 Å². The van der Waals surface area contributed by atoms with Crippen LogP contribution in [0.2, 0.25) is 0 Å². The fourth-order valence-corrected chi connectivity index (χ4v) is 1.10. The maximum Gasteiger partial charge on any atom is 0.426 e. The number of hydrazine groups is 1. The maximum atomic E-state index is 12.6. The molecule has 0 aromatic rings. The van der Waals surface area contributed by atoms with Gasteiger partial charge < -0.3 is 5.11 Å². The van der Waals surface area contributed by atoms with Gasteiger partial charge in [-0.05, 0) is 6.42 Å². The van der Waals surface area contributed by atoms with Gasteiger partial charge >= 0.3 is 6.09 Å². The molecule has 1 rings (SSSR count). The number of nitrogens with zero attached hydrogens (tertiary/aromatic N) is 2. The van der Waals surface area contributed by atoms with E-state index in [0.29, 0.717) is 6.54 Å². The van der Waals surface area contributed by atoms with Crippen molar-refractivity contribution in [2.45, 2.75) is 13.3 Å². The summed E-state index contributed by atoms with van der Waals surface area (Å²) in [5, 5.41) is 10.9. The van der Waals surface area contributed by atoms with Crippen LogP contribution in [0.3, 0.4) is 0 Å². The Kier molecular flexibility index (Phi) is 2.52. The van der Waals surface area contributed by atoms with Crippen molar-refractivity contribution in [1.29, 1.82) is 0 Å². The van der Waals surface area contributed by atoms with E-state index in [0.717, 1.165) is 11.4 Å². The average Bonchev–Trinajstić information content (AvgIpc) is 2.32. The van der Waals surface area contributed by atoms with Gasteiger partial charge in [-0.3, -0.25) is 5.01 Å². The Morgan fingerprint density at radius 1 is 1.83 bits per heavy atom. The standard InChI is InChI=1S/C7H11FN2O2/c1-2-3-9-4-6(8)5-10(9)7(11)12/h4H,2-3,5H2,1H3,(H,11,12). The van der Waals surface area contributed by atoms with Crippen LogP contribution in [0.1, 0.15) is 13.3 Å². The minimum atomic E-state index is -1.12. The largest absolute Gasteiger partial charge is 0.464 e. The normalized spacial score (nSPS) is 16.7. The molecule has 0 aromatic heterocycles. The van der Waals surface area contributed by atoms with Gasteiger partial charge in [0.1, 0.15) is 5.83 Å². The summed E-state index contributed by atoms with van der Waals surface area (Å²) in [5.41, 5.74) is 0. The summed E-state index contributed by atoms with van der Waals surface area (Å²) in [6, 6.07) is 0. The van der Waals surface area contributed by atoms with Crippen molar-refractivity contribution in [3.05, 3.63) is 12.0 Å². The molecule has 0 bridgehead atoms. The second-order valence-electron chi connectivity index (χ2n) is 2.58. The van der Waals surface area contributed by atoms with E-state index in [-0.39, 0.29) is 6.54 Å². The van der Waals surface area contributed by atoms with Gasteiger partial charge in [0.2, 0.25) is 0 Å². The van der Waals surface area contributed by atoms with E-state index in [4.69, 9.17) is 5.11 Å². The molecule has 1 aliphatic rings. The summed E-state index contributed by atoms with van der Waals surface area (Å²) in [6.45, 7) is 2.28. The summed E-state index contributed by atoms with van der Waals surface area (Å²) < 4.78 is 12.6. The Morgan fingerprint density at radius 2 is 2.50 bits per heavy atom. The highest BCUT2D eigenvalue weighted by atomic mass is 19.1. The lowest BCUT2D eigenvalue weighted by Gasteiger charge is -2.24. The van der Waals surface area contributed by atoms with Crippen molar-refractivity contribution >= 4 is 6.09 Å². The summed E-state index contributed by atoms with van der Waals surface area (Å²) >= 11 is 0. The van der Waals surface area contributed by atoms with Crippen LogP contribution in [-0.2, 0) is 0 Å². The van der Waals surface area contributed by atoms with Gasteiger partial charge in [0.15, 0.2) is 0 Å². The first-order chi connectivity index (χ1) is 5.65. The number of amides is 1. The van der Waals surface area contributed by atoms with E-state index in [1.165, 1.54) is 11.2 Å². The number of carboxylic acid groups (broad SMARTS) is 1. The van der Waals surface area contributed by atoms with Crippen LogP contribution in [0, 0.1) is 0 Å². The van der Waals surface area contributed by atoms with Gasteiger partial charge in [-0.2, -0.15) is 0 Å². The highest BCUT2D eigenvalue weighted by molar-refractivity contribution is 5.65. The van der Waals surface area contributed by atoms with E-state index in [1.807, 2.05) is 6.92 Å². The molecule has 12 heavy (non-hydrogen) atoms. The van der Waals surface area contributed by atoms with Crippen molar-refractivity contribution in [2.75, 3.05) is 13.1 Å². The van der Waals surface area contributed by atoms with E-state index in [1.54, 1.807) is 0 Å². The molecule has 0 fully saturated rings. The molecule has 68 valence electrons.